The van der Waals surface area contributed by atoms with Gasteiger partial charge in [-0.3, -0.25) is 14.5 Å². The highest BCUT2D eigenvalue weighted by Gasteiger charge is 2.20. The first-order valence-electron chi connectivity index (χ1n) is 11.3. The van der Waals surface area contributed by atoms with Gasteiger partial charge in [-0.15, -0.1) is 0 Å². The average Bonchev–Trinajstić information content (AvgIpc) is 2.90. The Bertz CT molecular complexity index is 1540. The number of sulfonamides is 1. The number of carbonyl (C=O) groups is 1. The van der Waals surface area contributed by atoms with Crippen molar-refractivity contribution in [2.45, 2.75) is 11.8 Å². The van der Waals surface area contributed by atoms with Crippen LogP contribution in [0.1, 0.15) is 6.92 Å². The van der Waals surface area contributed by atoms with Gasteiger partial charge in [-0.05, 0) is 35.9 Å². The van der Waals surface area contributed by atoms with Crippen LogP contribution < -0.4 is 9.62 Å². The Hall–Kier alpha value is -3.76. The third kappa shape index (κ3) is 4.95. The minimum absolute atomic E-state index is 0.0471. The lowest BCUT2D eigenvalue weighted by Gasteiger charge is -2.34. The van der Waals surface area contributed by atoms with E-state index in [1.54, 1.807) is 43.6 Å². The van der Waals surface area contributed by atoms with Gasteiger partial charge in [-0.25, -0.2) is 18.4 Å². The van der Waals surface area contributed by atoms with Crippen molar-refractivity contribution in [2.24, 2.45) is 0 Å². The average molecular weight is 523 g/mol. The monoisotopic (exact) mass is 522 g/mol. The van der Waals surface area contributed by atoms with Crippen molar-refractivity contribution in [2.75, 3.05) is 35.8 Å². The summed E-state index contributed by atoms with van der Waals surface area (Å²) in [6, 6.07) is 15.3. The molecule has 4 aromatic rings. The molecule has 36 heavy (non-hydrogen) atoms. The number of carbonyl (C=O) groups excluding carboxylic acids is 1. The van der Waals surface area contributed by atoms with Gasteiger partial charge in [0.25, 0.3) is 10.0 Å². The molecule has 1 saturated heterocycles. The van der Waals surface area contributed by atoms with Crippen LogP contribution >= 0.6 is 11.6 Å². The lowest BCUT2D eigenvalue weighted by Crippen LogP contribution is -2.48. The summed E-state index contributed by atoms with van der Waals surface area (Å²) in [7, 11) is -3.82. The van der Waals surface area contributed by atoms with Gasteiger partial charge < -0.3 is 9.80 Å². The van der Waals surface area contributed by atoms with Crippen LogP contribution in [-0.2, 0) is 14.8 Å². The summed E-state index contributed by atoms with van der Waals surface area (Å²) in [5.74, 6) is 0.819. The molecule has 184 valence electrons. The van der Waals surface area contributed by atoms with E-state index in [-0.39, 0.29) is 21.6 Å². The van der Waals surface area contributed by atoms with E-state index in [4.69, 9.17) is 16.6 Å². The maximum absolute atomic E-state index is 12.8. The Balaban J connectivity index is 1.43. The van der Waals surface area contributed by atoms with Crippen molar-refractivity contribution in [1.29, 1.82) is 0 Å². The molecule has 0 bridgehead atoms. The largest absolute Gasteiger partial charge is 0.352 e. The fourth-order valence-electron chi connectivity index (χ4n) is 4.06. The highest BCUT2D eigenvalue weighted by Crippen LogP contribution is 2.30. The fraction of sp³-hybridized carbons (Fsp3) is 0.200. The van der Waals surface area contributed by atoms with Crippen LogP contribution in [0.5, 0.6) is 0 Å². The molecule has 0 saturated carbocycles. The number of hydrogen-bond acceptors (Lipinski definition) is 7. The Labute approximate surface area is 213 Å². The topological polar surface area (TPSA) is 108 Å². The van der Waals surface area contributed by atoms with Gasteiger partial charge >= 0.3 is 0 Å². The third-order valence-electron chi connectivity index (χ3n) is 6.05. The summed E-state index contributed by atoms with van der Waals surface area (Å²) in [5, 5.41) is 0.0471. The van der Waals surface area contributed by atoms with Crippen LogP contribution in [-0.4, -0.2) is 60.4 Å². The van der Waals surface area contributed by atoms with E-state index in [1.807, 2.05) is 23.1 Å². The smallest absolute Gasteiger partial charge is 0.261 e. The number of pyridine rings is 1. The van der Waals surface area contributed by atoms with E-state index in [0.717, 1.165) is 16.9 Å². The first-order chi connectivity index (χ1) is 17.3. The molecule has 0 atom stereocenters. The lowest BCUT2D eigenvalue weighted by molar-refractivity contribution is -0.129. The van der Waals surface area contributed by atoms with E-state index in [2.05, 4.69) is 19.6 Å². The maximum Gasteiger partial charge on any atom is 0.261 e. The van der Waals surface area contributed by atoms with Crippen LogP contribution in [0, 0.1) is 0 Å². The number of nitrogens with zero attached hydrogens (tertiary/aromatic N) is 5. The van der Waals surface area contributed by atoms with E-state index in [0.29, 0.717) is 37.3 Å². The standard InChI is InChI=1S/C25H23ClN6O3S/c1-17(33)31-9-11-32(12-10-31)24-16-27-21-8-7-18(13-22(21)29-24)19-14-23(25(26)28-15-19)30-36(34,35)20-5-3-2-4-6-20/h2-8,13-16,30H,9-12H2,1H3. The normalized spacial score (nSPS) is 14.2. The predicted molar refractivity (Wildman–Crippen MR) is 139 cm³/mol. The molecular weight excluding hydrogens is 500 g/mol. The Morgan fingerprint density at radius 1 is 0.917 bits per heavy atom. The second-order valence-corrected chi connectivity index (χ2v) is 10.4. The predicted octanol–water partition coefficient (Wildman–Crippen LogP) is 3.81. The molecule has 9 nitrogen and oxygen atoms in total. The number of nitrogens with one attached hydrogen (secondary N) is 1. The minimum atomic E-state index is -3.82. The molecule has 5 rings (SSSR count). The lowest BCUT2D eigenvalue weighted by atomic mass is 10.1. The van der Waals surface area contributed by atoms with Gasteiger partial charge in [0.15, 0.2) is 5.15 Å². The van der Waals surface area contributed by atoms with Crippen molar-refractivity contribution in [3.8, 4) is 11.1 Å². The zero-order chi connectivity index (χ0) is 25.3. The van der Waals surface area contributed by atoms with Crippen LogP contribution in [0.25, 0.3) is 22.2 Å². The van der Waals surface area contributed by atoms with Crippen LogP contribution in [0.15, 0.2) is 71.9 Å². The maximum atomic E-state index is 12.8. The summed E-state index contributed by atoms with van der Waals surface area (Å²) in [5.41, 5.74) is 3.08. The number of fused-ring (bicyclic) bond motifs is 1. The van der Waals surface area contributed by atoms with Gasteiger partial charge in [-0.2, -0.15) is 0 Å². The van der Waals surface area contributed by atoms with Gasteiger partial charge in [0.05, 0.1) is 27.8 Å². The quantitative estimate of drug-likeness (QED) is 0.397. The number of benzene rings is 2. The SMILES string of the molecule is CC(=O)N1CCN(c2cnc3ccc(-c4cnc(Cl)c(NS(=O)(=O)c5ccccc5)c4)cc3n2)CC1. The fourth-order valence-corrected chi connectivity index (χ4v) is 5.35. The Kier molecular flexibility index (Phi) is 6.46. The molecule has 1 aliphatic heterocycles. The highest BCUT2D eigenvalue weighted by molar-refractivity contribution is 7.92. The summed E-state index contributed by atoms with van der Waals surface area (Å²) < 4.78 is 28.1. The molecule has 3 heterocycles. The number of piperazine rings is 1. The molecule has 11 heteroatoms. The van der Waals surface area contributed by atoms with Crippen molar-refractivity contribution in [1.82, 2.24) is 19.9 Å². The van der Waals surface area contributed by atoms with Crippen molar-refractivity contribution in [3.05, 3.63) is 72.1 Å². The Morgan fingerprint density at radius 2 is 1.67 bits per heavy atom. The summed E-state index contributed by atoms with van der Waals surface area (Å²) in [6.45, 7) is 4.24. The van der Waals surface area contributed by atoms with Crippen molar-refractivity contribution >= 4 is 50.1 Å². The first kappa shape index (κ1) is 24.0. The third-order valence-corrected chi connectivity index (χ3v) is 7.73. The molecule has 0 spiro atoms. The summed E-state index contributed by atoms with van der Waals surface area (Å²) >= 11 is 6.22. The highest BCUT2D eigenvalue weighted by atomic mass is 35.5. The number of aromatic nitrogens is 3. The second-order valence-electron chi connectivity index (χ2n) is 8.41. The van der Waals surface area contributed by atoms with E-state index >= 15 is 0 Å². The van der Waals surface area contributed by atoms with E-state index < -0.39 is 10.0 Å². The molecule has 0 aliphatic carbocycles. The van der Waals surface area contributed by atoms with Gasteiger partial charge in [0, 0.05) is 44.9 Å². The van der Waals surface area contributed by atoms with Crippen molar-refractivity contribution in [3.63, 3.8) is 0 Å². The van der Waals surface area contributed by atoms with Gasteiger partial charge in [0.2, 0.25) is 5.91 Å². The van der Waals surface area contributed by atoms with Crippen LogP contribution in [0.3, 0.4) is 0 Å². The Morgan fingerprint density at radius 3 is 2.39 bits per heavy atom. The summed E-state index contributed by atoms with van der Waals surface area (Å²) in [6.07, 6.45) is 3.33. The van der Waals surface area contributed by atoms with E-state index in [9.17, 15) is 13.2 Å². The van der Waals surface area contributed by atoms with Crippen molar-refractivity contribution < 1.29 is 13.2 Å². The number of amides is 1. The number of hydrogen-bond donors (Lipinski definition) is 1. The zero-order valence-corrected chi connectivity index (χ0v) is 21.0. The molecule has 0 unspecified atom stereocenters. The van der Waals surface area contributed by atoms with E-state index in [1.165, 1.54) is 12.1 Å². The molecule has 0 radical (unpaired) electrons. The van der Waals surface area contributed by atoms with Crippen LogP contribution in [0.4, 0.5) is 11.5 Å². The van der Waals surface area contributed by atoms with Gasteiger partial charge in [0.1, 0.15) is 5.82 Å². The molecule has 1 aliphatic rings. The molecule has 2 aromatic carbocycles. The second kappa shape index (κ2) is 9.71. The molecule has 2 aromatic heterocycles. The minimum Gasteiger partial charge on any atom is -0.352 e. The first-order valence-corrected chi connectivity index (χ1v) is 13.2. The van der Waals surface area contributed by atoms with Crippen LogP contribution in [0.2, 0.25) is 5.15 Å². The molecule has 1 amide bonds. The summed E-state index contributed by atoms with van der Waals surface area (Å²) in [4.78, 5) is 29.2. The number of anilines is 2. The number of halogens is 1. The molecule has 1 N–H and O–H groups in total. The zero-order valence-electron chi connectivity index (χ0n) is 19.4. The number of rotatable bonds is 5. The molecule has 1 fully saturated rings. The van der Waals surface area contributed by atoms with Gasteiger partial charge in [-0.1, -0.05) is 35.9 Å². The molecular formula is C25H23ClN6O3S.